The molecule has 0 atom stereocenters. The van der Waals surface area contributed by atoms with Gasteiger partial charge in [0.05, 0.1) is 5.56 Å². The molecule has 0 saturated heterocycles. The Labute approximate surface area is 110 Å². The molecule has 2 aromatic rings. The standard InChI is InChI=1S/C16H15F3/c1-11(2)12-7-9-13(10-8-12)14-5-3-4-6-15(14)16(17,18)19/h3-11H,1-2H3. The molecular weight excluding hydrogens is 249 g/mol. The second-order valence-corrected chi connectivity index (χ2v) is 4.82. The van der Waals surface area contributed by atoms with Crippen molar-refractivity contribution in [1.82, 2.24) is 0 Å². The summed E-state index contributed by atoms with van der Waals surface area (Å²) in [6.45, 7) is 4.11. The third-order valence-electron chi connectivity index (χ3n) is 3.12. The van der Waals surface area contributed by atoms with Crippen molar-refractivity contribution in [1.29, 1.82) is 0 Å². The molecule has 0 nitrogen and oxygen atoms in total. The average Bonchev–Trinajstić information content (AvgIpc) is 2.38. The minimum atomic E-state index is -4.33. The fourth-order valence-corrected chi connectivity index (χ4v) is 2.03. The Kier molecular flexibility index (Phi) is 3.65. The summed E-state index contributed by atoms with van der Waals surface area (Å²) in [6, 6.07) is 12.9. The SMILES string of the molecule is CC(C)c1ccc(-c2ccccc2C(F)(F)F)cc1. The average molecular weight is 264 g/mol. The van der Waals surface area contributed by atoms with Crippen LogP contribution in [0.3, 0.4) is 0 Å². The van der Waals surface area contributed by atoms with Crippen molar-refractivity contribution in [2.75, 3.05) is 0 Å². The molecule has 0 fully saturated rings. The van der Waals surface area contributed by atoms with E-state index in [-0.39, 0.29) is 5.56 Å². The van der Waals surface area contributed by atoms with Crippen LogP contribution in [0.15, 0.2) is 48.5 Å². The summed E-state index contributed by atoms with van der Waals surface area (Å²) >= 11 is 0. The molecule has 0 bridgehead atoms. The summed E-state index contributed by atoms with van der Waals surface area (Å²) in [7, 11) is 0. The normalized spacial score (nSPS) is 11.9. The van der Waals surface area contributed by atoms with Gasteiger partial charge >= 0.3 is 6.18 Å². The number of rotatable bonds is 2. The molecule has 0 unspecified atom stereocenters. The molecule has 0 aliphatic rings. The van der Waals surface area contributed by atoms with E-state index in [4.69, 9.17) is 0 Å². The summed E-state index contributed by atoms with van der Waals surface area (Å²) < 4.78 is 38.8. The quantitative estimate of drug-likeness (QED) is 0.672. The lowest BCUT2D eigenvalue weighted by atomic mass is 9.96. The maximum absolute atomic E-state index is 12.9. The fraction of sp³-hybridized carbons (Fsp3) is 0.250. The monoisotopic (exact) mass is 264 g/mol. The first-order chi connectivity index (χ1) is 8.89. The van der Waals surface area contributed by atoms with E-state index in [2.05, 4.69) is 13.8 Å². The van der Waals surface area contributed by atoms with Crippen molar-refractivity contribution in [3.63, 3.8) is 0 Å². The Balaban J connectivity index is 2.48. The second kappa shape index (κ2) is 5.08. The van der Waals surface area contributed by atoms with Crippen LogP contribution in [-0.4, -0.2) is 0 Å². The molecule has 0 saturated carbocycles. The van der Waals surface area contributed by atoms with Gasteiger partial charge in [0.15, 0.2) is 0 Å². The Morgan fingerprint density at radius 2 is 1.42 bits per heavy atom. The van der Waals surface area contributed by atoms with Gasteiger partial charge in [0, 0.05) is 0 Å². The van der Waals surface area contributed by atoms with Gasteiger partial charge in [-0.05, 0) is 28.7 Å². The molecule has 19 heavy (non-hydrogen) atoms. The van der Waals surface area contributed by atoms with Crippen LogP contribution in [0.5, 0.6) is 0 Å². The predicted molar refractivity (Wildman–Crippen MR) is 71.0 cm³/mol. The highest BCUT2D eigenvalue weighted by molar-refractivity contribution is 5.68. The maximum Gasteiger partial charge on any atom is 0.417 e. The lowest BCUT2D eigenvalue weighted by molar-refractivity contribution is -0.137. The number of hydrogen-bond donors (Lipinski definition) is 0. The van der Waals surface area contributed by atoms with E-state index in [1.807, 2.05) is 12.1 Å². The maximum atomic E-state index is 12.9. The van der Waals surface area contributed by atoms with Crippen LogP contribution >= 0.6 is 0 Å². The molecule has 0 spiro atoms. The first kappa shape index (κ1) is 13.7. The van der Waals surface area contributed by atoms with Crippen LogP contribution in [0.4, 0.5) is 13.2 Å². The van der Waals surface area contributed by atoms with Gasteiger partial charge in [-0.25, -0.2) is 0 Å². The van der Waals surface area contributed by atoms with Crippen LogP contribution in [-0.2, 0) is 6.18 Å². The van der Waals surface area contributed by atoms with Gasteiger partial charge in [0.25, 0.3) is 0 Å². The van der Waals surface area contributed by atoms with Gasteiger partial charge in [0.1, 0.15) is 0 Å². The molecule has 3 heteroatoms. The summed E-state index contributed by atoms with van der Waals surface area (Å²) in [5, 5.41) is 0. The zero-order chi connectivity index (χ0) is 14.0. The fourth-order valence-electron chi connectivity index (χ4n) is 2.03. The molecule has 2 aromatic carbocycles. The summed E-state index contributed by atoms with van der Waals surface area (Å²) in [4.78, 5) is 0. The minimum absolute atomic E-state index is 0.227. The van der Waals surface area contributed by atoms with Crippen molar-refractivity contribution >= 4 is 0 Å². The van der Waals surface area contributed by atoms with E-state index < -0.39 is 11.7 Å². The van der Waals surface area contributed by atoms with Crippen LogP contribution < -0.4 is 0 Å². The molecule has 0 heterocycles. The minimum Gasteiger partial charge on any atom is -0.166 e. The van der Waals surface area contributed by atoms with Crippen LogP contribution in [0.2, 0.25) is 0 Å². The number of halogens is 3. The molecule has 0 amide bonds. The second-order valence-electron chi connectivity index (χ2n) is 4.82. The van der Waals surface area contributed by atoms with Gasteiger partial charge in [0.2, 0.25) is 0 Å². The largest absolute Gasteiger partial charge is 0.417 e. The first-order valence-corrected chi connectivity index (χ1v) is 6.16. The van der Waals surface area contributed by atoms with Crippen molar-refractivity contribution in [2.45, 2.75) is 25.9 Å². The van der Waals surface area contributed by atoms with E-state index >= 15 is 0 Å². The van der Waals surface area contributed by atoms with Gasteiger partial charge in [-0.2, -0.15) is 13.2 Å². The van der Waals surface area contributed by atoms with Crippen LogP contribution in [0, 0.1) is 0 Å². The molecule has 0 aliphatic heterocycles. The summed E-state index contributed by atoms with van der Waals surface area (Å²) in [5.41, 5.74) is 1.35. The molecule has 0 aliphatic carbocycles. The zero-order valence-electron chi connectivity index (χ0n) is 10.8. The lowest BCUT2D eigenvalue weighted by Crippen LogP contribution is -2.06. The summed E-state index contributed by atoms with van der Waals surface area (Å²) in [6.07, 6.45) is -4.33. The van der Waals surface area contributed by atoms with Crippen molar-refractivity contribution in [3.8, 4) is 11.1 Å². The van der Waals surface area contributed by atoms with E-state index in [1.165, 1.54) is 12.1 Å². The van der Waals surface area contributed by atoms with Crippen LogP contribution in [0.1, 0.15) is 30.9 Å². The molecule has 2 rings (SSSR count). The van der Waals surface area contributed by atoms with Gasteiger partial charge in [-0.15, -0.1) is 0 Å². The highest BCUT2D eigenvalue weighted by atomic mass is 19.4. The Hall–Kier alpha value is -1.77. The number of hydrogen-bond acceptors (Lipinski definition) is 0. The van der Waals surface area contributed by atoms with Crippen LogP contribution in [0.25, 0.3) is 11.1 Å². The van der Waals surface area contributed by atoms with Gasteiger partial charge in [-0.1, -0.05) is 56.3 Å². The van der Waals surface area contributed by atoms with Gasteiger partial charge < -0.3 is 0 Å². The number of alkyl halides is 3. The van der Waals surface area contributed by atoms with Crippen molar-refractivity contribution in [2.24, 2.45) is 0 Å². The van der Waals surface area contributed by atoms with Crippen molar-refractivity contribution in [3.05, 3.63) is 59.7 Å². The lowest BCUT2D eigenvalue weighted by Gasteiger charge is -2.13. The van der Waals surface area contributed by atoms with E-state index in [1.54, 1.807) is 18.2 Å². The third-order valence-corrected chi connectivity index (χ3v) is 3.12. The van der Waals surface area contributed by atoms with E-state index in [0.29, 0.717) is 11.5 Å². The number of benzene rings is 2. The third kappa shape index (κ3) is 2.98. The highest BCUT2D eigenvalue weighted by Gasteiger charge is 2.33. The first-order valence-electron chi connectivity index (χ1n) is 6.16. The zero-order valence-corrected chi connectivity index (χ0v) is 10.8. The van der Waals surface area contributed by atoms with E-state index in [0.717, 1.165) is 11.6 Å². The Morgan fingerprint density at radius 1 is 0.842 bits per heavy atom. The predicted octanol–water partition coefficient (Wildman–Crippen LogP) is 5.50. The Bertz CT molecular complexity index is 551. The topological polar surface area (TPSA) is 0 Å². The molecule has 0 N–H and O–H groups in total. The van der Waals surface area contributed by atoms with Gasteiger partial charge in [-0.3, -0.25) is 0 Å². The molecule has 100 valence electrons. The van der Waals surface area contributed by atoms with E-state index in [9.17, 15) is 13.2 Å². The molecule has 0 aromatic heterocycles. The van der Waals surface area contributed by atoms with Crippen molar-refractivity contribution < 1.29 is 13.2 Å². The smallest absolute Gasteiger partial charge is 0.166 e. The molecular formula is C16H15F3. The summed E-state index contributed by atoms with van der Waals surface area (Å²) in [5.74, 6) is 0.368. The Morgan fingerprint density at radius 3 is 1.95 bits per heavy atom. The highest BCUT2D eigenvalue weighted by Crippen LogP contribution is 2.37. The molecule has 0 radical (unpaired) electrons.